The number of nitriles is 1. The molecule has 0 spiro atoms. The van der Waals surface area contributed by atoms with E-state index < -0.39 is 0 Å². The van der Waals surface area contributed by atoms with Gasteiger partial charge in [-0.15, -0.1) is 0 Å². The van der Waals surface area contributed by atoms with E-state index in [9.17, 15) is 0 Å². The first-order valence-corrected chi connectivity index (χ1v) is 5.00. The number of nitrogens with zero attached hydrogens (tertiary/aromatic N) is 3. The van der Waals surface area contributed by atoms with E-state index in [-0.39, 0.29) is 0 Å². The molecule has 4 heteroatoms. The predicted octanol–water partition coefficient (Wildman–Crippen LogP) is 1.51. The van der Waals surface area contributed by atoms with E-state index in [1.54, 1.807) is 18.3 Å². The minimum atomic E-state index is 0.488. The van der Waals surface area contributed by atoms with Crippen LogP contribution in [0.4, 0.5) is 0 Å². The van der Waals surface area contributed by atoms with E-state index in [0.717, 1.165) is 16.9 Å². The molecule has 0 saturated heterocycles. The molecule has 2 N–H and O–H groups in total. The minimum Gasteiger partial charge on any atom is -0.326 e. The zero-order valence-electron chi connectivity index (χ0n) is 9.01. The van der Waals surface area contributed by atoms with Crippen LogP contribution in [-0.4, -0.2) is 9.78 Å². The molecular formula is C12H12N4. The lowest BCUT2D eigenvalue weighted by Gasteiger charge is -2.04. The third-order valence-electron chi connectivity index (χ3n) is 2.57. The van der Waals surface area contributed by atoms with Crippen LogP contribution in [0.3, 0.4) is 0 Å². The molecule has 0 saturated carbocycles. The summed E-state index contributed by atoms with van der Waals surface area (Å²) in [6, 6.07) is 9.39. The Bertz CT molecular complexity index is 531. The zero-order chi connectivity index (χ0) is 11.5. The summed E-state index contributed by atoms with van der Waals surface area (Å²) in [6.45, 7) is 2.47. The molecule has 0 aliphatic rings. The standard InChI is InChI=1S/C12H12N4/c1-9-11(7-14)8-15-16(9)12-4-2-10(6-13)3-5-12/h2-5,8H,7,14H2,1H3. The molecule has 0 fully saturated rings. The molecule has 1 heterocycles. The van der Waals surface area contributed by atoms with Gasteiger partial charge in [-0.2, -0.15) is 10.4 Å². The topological polar surface area (TPSA) is 67.6 Å². The van der Waals surface area contributed by atoms with Crippen molar-refractivity contribution < 1.29 is 0 Å². The lowest BCUT2D eigenvalue weighted by Crippen LogP contribution is -2.01. The van der Waals surface area contributed by atoms with Gasteiger partial charge in [0.25, 0.3) is 0 Å². The number of benzene rings is 1. The van der Waals surface area contributed by atoms with Crippen LogP contribution >= 0.6 is 0 Å². The lowest BCUT2D eigenvalue weighted by atomic mass is 10.2. The largest absolute Gasteiger partial charge is 0.326 e. The Morgan fingerprint density at radius 2 is 2.06 bits per heavy atom. The van der Waals surface area contributed by atoms with Crippen LogP contribution in [0.25, 0.3) is 5.69 Å². The lowest BCUT2D eigenvalue weighted by molar-refractivity contribution is 0.843. The van der Waals surface area contributed by atoms with E-state index in [4.69, 9.17) is 11.0 Å². The summed E-state index contributed by atoms with van der Waals surface area (Å²) in [5.74, 6) is 0. The first-order valence-electron chi connectivity index (χ1n) is 5.00. The maximum atomic E-state index is 8.71. The van der Waals surface area contributed by atoms with Crippen molar-refractivity contribution in [1.82, 2.24) is 9.78 Å². The summed E-state index contributed by atoms with van der Waals surface area (Å²) in [7, 11) is 0. The van der Waals surface area contributed by atoms with Crippen molar-refractivity contribution in [3.05, 3.63) is 47.3 Å². The molecule has 0 unspecified atom stereocenters. The van der Waals surface area contributed by atoms with Gasteiger partial charge in [0.2, 0.25) is 0 Å². The van der Waals surface area contributed by atoms with E-state index in [0.29, 0.717) is 12.1 Å². The Morgan fingerprint density at radius 1 is 1.38 bits per heavy atom. The van der Waals surface area contributed by atoms with Crippen molar-refractivity contribution in [2.75, 3.05) is 0 Å². The van der Waals surface area contributed by atoms with E-state index in [1.165, 1.54) is 0 Å². The monoisotopic (exact) mass is 212 g/mol. The third kappa shape index (κ3) is 1.69. The average molecular weight is 212 g/mol. The Kier molecular flexibility index (Phi) is 2.71. The number of rotatable bonds is 2. The molecular weight excluding hydrogens is 200 g/mol. The predicted molar refractivity (Wildman–Crippen MR) is 60.9 cm³/mol. The fraction of sp³-hybridized carbons (Fsp3) is 0.167. The third-order valence-corrected chi connectivity index (χ3v) is 2.57. The Balaban J connectivity index is 2.43. The average Bonchev–Trinajstić information content (AvgIpc) is 2.70. The summed E-state index contributed by atoms with van der Waals surface area (Å²) in [6.07, 6.45) is 1.77. The molecule has 0 aliphatic carbocycles. The molecule has 2 aromatic rings. The van der Waals surface area contributed by atoms with Crippen LogP contribution in [0, 0.1) is 18.3 Å². The summed E-state index contributed by atoms with van der Waals surface area (Å²) in [5.41, 5.74) is 9.24. The van der Waals surface area contributed by atoms with Crippen molar-refractivity contribution in [2.45, 2.75) is 13.5 Å². The minimum absolute atomic E-state index is 0.488. The summed E-state index contributed by atoms with van der Waals surface area (Å²) >= 11 is 0. The maximum Gasteiger partial charge on any atom is 0.0991 e. The zero-order valence-corrected chi connectivity index (χ0v) is 9.01. The van der Waals surface area contributed by atoms with Gasteiger partial charge in [0.05, 0.1) is 23.5 Å². The Hall–Kier alpha value is -2.12. The fourth-order valence-corrected chi connectivity index (χ4v) is 1.58. The smallest absolute Gasteiger partial charge is 0.0991 e. The highest BCUT2D eigenvalue weighted by molar-refractivity contribution is 5.40. The molecule has 0 bridgehead atoms. The van der Waals surface area contributed by atoms with Gasteiger partial charge in [-0.1, -0.05) is 0 Å². The number of hydrogen-bond acceptors (Lipinski definition) is 3. The first kappa shape index (κ1) is 10.4. The first-order chi connectivity index (χ1) is 7.76. The van der Waals surface area contributed by atoms with Gasteiger partial charge < -0.3 is 5.73 Å². The molecule has 0 amide bonds. The van der Waals surface area contributed by atoms with Crippen LogP contribution in [0.15, 0.2) is 30.5 Å². The highest BCUT2D eigenvalue weighted by Crippen LogP contribution is 2.14. The maximum absolute atomic E-state index is 8.71. The fourth-order valence-electron chi connectivity index (χ4n) is 1.58. The molecule has 16 heavy (non-hydrogen) atoms. The molecule has 0 radical (unpaired) electrons. The molecule has 1 aromatic heterocycles. The van der Waals surface area contributed by atoms with Crippen molar-refractivity contribution in [3.63, 3.8) is 0 Å². The molecule has 0 aliphatic heterocycles. The summed E-state index contributed by atoms with van der Waals surface area (Å²) in [5, 5.41) is 13.0. The molecule has 2 rings (SSSR count). The Labute approximate surface area is 93.9 Å². The van der Waals surface area contributed by atoms with Crippen LogP contribution in [0.2, 0.25) is 0 Å². The van der Waals surface area contributed by atoms with Crippen molar-refractivity contribution >= 4 is 0 Å². The molecule has 80 valence electrons. The van der Waals surface area contributed by atoms with Gasteiger partial charge in [-0.3, -0.25) is 0 Å². The Morgan fingerprint density at radius 3 is 2.56 bits per heavy atom. The van der Waals surface area contributed by atoms with E-state index in [2.05, 4.69) is 11.2 Å². The molecule has 4 nitrogen and oxygen atoms in total. The number of aromatic nitrogens is 2. The highest BCUT2D eigenvalue weighted by atomic mass is 15.3. The van der Waals surface area contributed by atoms with Crippen LogP contribution in [0.5, 0.6) is 0 Å². The van der Waals surface area contributed by atoms with Crippen LogP contribution in [-0.2, 0) is 6.54 Å². The van der Waals surface area contributed by atoms with Gasteiger partial charge in [-0.25, -0.2) is 4.68 Å². The summed E-state index contributed by atoms with van der Waals surface area (Å²) in [4.78, 5) is 0. The number of nitrogens with two attached hydrogens (primary N) is 1. The second-order valence-corrected chi connectivity index (χ2v) is 3.53. The second-order valence-electron chi connectivity index (χ2n) is 3.53. The van der Waals surface area contributed by atoms with Gasteiger partial charge >= 0.3 is 0 Å². The van der Waals surface area contributed by atoms with E-state index >= 15 is 0 Å². The second kappa shape index (κ2) is 4.17. The number of hydrogen-bond donors (Lipinski definition) is 1. The van der Waals surface area contributed by atoms with Crippen LogP contribution < -0.4 is 5.73 Å². The van der Waals surface area contributed by atoms with Gasteiger partial charge in [0.15, 0.2) is 0 Å². The van der Waals surface area contributed by atoms with Gasteiger partial charge in [0, 0.05) is 17.8 Å². The summed E-state index contributed by atoms with van der Waals surface area (Å²) < 4.78 is 1.82. The van der Waals surface area contributed by atoms with Crippen molar-refractivity contribution in [1.29, 1.82) is 5.26 Å². The van der Waals surface area contributed by atoms with Gasteiger partial charge in [-0.05, 0) is 31.2 Å². The quantitative estimate of drug-likeness (QED) is 0.820. The molecule has 1 aromatic carbocycles. The van der Waals surface area contributed by atoms with Gasteiger partial charge in [0.1, 0.15) is 0 Å². The highest BCUT2D eigenvalue weighted by Gasteiger charge is 2.06. The molecule has 0 atom stereocenters. The van der Waals surface area contributed by atoms with E-state index in [1.807, 2.05) is 23.7 Å². The van der Waals surface area contributed by atoms with Crippen LogP contribution in [0.1, 0.15) is 16.8 Å². The SMILES string of the molecule is Cc1c(CN)cnn1-c1ccc(C#N)cc1. The normalized spacial score (nSPS) is 10.1. The van der Waals surface area contributed by atoms with Crippen molar-refractivity contribution in [3.8, 4) is 11.8 Å². The van der Waals surface area contributed by atoms with Crippen molar-refractivity contribution in [2.24, 2.45) is 5.73 Å².